The minimum absolute atomic E-state index is 0.153. The van der Waals surface area contributed by atoms with Crippen LogP contribution in [-0.4, -0.2) is 57.8 Å². The number of nitrogens with two attached hydrogens (primary N) is 1. The first-order valence-corrected chi connectivity index (χ1v) is 7.89. The lowest BCUT2D eigenvalue weighted by molar-refractivity contribution is -0.145. The molecule has 1 aromatic rings. The van der Waals surface area contributed by atoms with Gasteiger partial charge in [0.05, 0.1) is 5.41 Å². The summed E-state index contributed by atoms with van der Waals surface area (Å²) in [6, 6.07) is 10.2. The number of carbonyl (C=O) groups excluding carboxylic acids is 1. The van der Waals surface area contributed by atoms with E-state index in [9.17, 15) is 4.79 Å². The second-order valence-corrected chi connectivity index (χ2v) is 6.08. The molecule has 1 aliphatic rings. The summed E-state index contributed by atoms with van der Waals surface area (Å²) in [4.78, 5) is 16.7. The van der Waals surface area contributed by atoms with Gasteiger partial charge in [-0.1, -0.05) is 18.2 Å². The fourth-order valence-corrected chi connectivity index (χ4v) is 2.89. The summed E-state index contributed by atoms with van der Waals surface area (Å²) >= 11 is 0. The molecule has 1 amide bonds. The summed E-state index contributed by atoms with van der Waals surface area (Å²) in [6.45, 7) is 3.13. The molecule has 0 aromatic heterocycles. The summed E-state index contributed by atoms with van der Waals surface area (Å²) in [7, 11) is 3.91. The van der Waals surface area contributed by atoms with Crippen molar-refractivity contribution in [3.8, 4) is 0 Å². The molecule has 2 rings (SSSR count). The van der Waals surface area contributed by atoms with Crippen LogP contribution in [0, 0.1) is 5.41 Å². The first-order valence-electron chi connectivity index (χ1n) is 7.89. The number of likely N-dealkylation sites (N-methyl/N-ethyl adjacent to an activating group) is 2. The van der Waals surface area contributed by atoms with Crippen LogP contribution in [0.2, 0.25) is 0 Å². The van der Waals surface area contributed by atoms with Crippen molar-refractivity contribution in [1.29, 1.82) is 0 Å². The van der Waals surface area contributed by atoms with Crippen LogP contribution in [0.25, 0.3) is 0 Å². The van der Waals surface area contributed by atoms with Gasteiger partial charge in [0.1, 0.15) is 0 Å². The number of amides is 1. The normalized spacial score (nSPS) is 17.0. The van der Waals surface area contributed by atoms with Gasteiger partial charge in [0.25, 0.3) is 0 Å². The Morgan fingerprint density at radius 1 is 1.18 bits per heavy atom. The molecule has 1 saturated heterocycles. The maximum Gasteiger partial charge on any atom is 0.230 e. The average Bonchev–Trinajstić information content (AvgIpc) is 2.60. The van der Waals surface area contributed by atoms with Gasteiger partial charge in [-0.3, -0.25) is 4.79 Å². The van der Waals surface area contributed by atoms with Gasteiger partial charge in [-0.2, -0.15) is 0 Å². The Bertz CT molecular complexity index is 472. The van der Waals surface area contributed by atoms with Crippen molar-refractivity contribution in [2.24, 2.45) is 11.1 Å². The number of benzene rings is 1. The van der Waals surface area contributed by atoms with Crippen molar-refractivity contribution >= 4 is 11.6 Å². The summed E-state index contributed by atoms with van der Waals surface area (Å²) in [5, 5.41) is 0. The minimum atomic E-state index is -0.432. The minimum Gasteiger partial charge on any atom is -0.381 e. The zero-order valence-electron chi connectivity index (χ0n) is 13.6. The lowest BCUT2D eigenvalue weighted by atomic mass is 9.79. The van der Waals surface area contributed by atoms with Gasteiger partial charge in [-0.15, -0.1) is 0 Å². The van der Waals surface area contributed by atoms with E-state index in [4.69, 9.17) is 10.5 Å². The van der Waals surface area contributed by atoms with Crippen LogP contribution < -0.4 is 10.6 Å². The molecule has 2 N–H and O–H groups in total. The molecule has 1 fully saturated rings. The van der Waals surface area contributed by atoms with E-state index in [0.29, 0.717) is 26.3 Å². The van der Waals surface area contributed by atoms with Crippen molar-refractivity contribution < 1.29 is 9.53 Å². The summed E-state index contributed by atoms with van der Waals surface area (Å²) in [5.41, 5.74) is 6.63. The Kier molecular flexibility index (Phi) is 5.80. The Morgan fingerprint density at radius 2 is 1.82 bits per heavy atom. The molecule has 0 unspecified atom stereocenters. The summed E-state index contributed by atoms with van der Waals surface area (Å²) < 4.78 is 5.38. The topological polar surface area (TPSA) is 58.8 Å². The van der Waals surface area contributed by atoms with E-state index in [1.54, 1.807) is 0 Å². The zero-order valence-corrected chi connectivity index (χ0v) is 13.6. The Hall–Kier alpha value is -1.59. The van der Waals surface area contributed by atoms with E-state index in [1.807, 2.05) is 37.2 Å². The molecule has 5 heteroatoms. The molecule has 0 atom stereocenters. The van der Waals surface area contributed by atoms with Gasteiger partial charge >= 0.3 is 0 Å². The van der Waals surface area contributed by atoms with Crippen molar-refractivity contribution in [2.75, 3.05) is 51.8 Å². The second-order valence-electron chi connectivity index (χ2n) is 6.08. The van der Waals surface area contributed by atoms with Crippen LogP contribution in [0.4, 0.5) is 5.69 Å². The molecule has 1 heterocycles. The number of anilines is 1. The molecule has 0 aliphatic carbocycles. The van der Waals surface area contributed by atoms with Crippen molar-refractivity contribution in [3.63, 3.8) is 0 Å². The lowest BCUT2D eigenvalue weighted by Gasteiger charge is -2.38. The fourth-order valence-electron chi connectivity index (χ4n) is 2.89. The third kappa shape index (κ3) is 3.78. The number of ether oxygens (including phenoxy) is 1. The quantitative estimate of drug-likeness (QED) is 0.861. The Balaban J connectivity index is 1.91. The predicted molar refractivity (Wildman–Crippen MR) is 88.9 cm³/mol. The van der Waals surface area contributed by atoms with Crippen molar-refractivity contribution in [3.05, 3.63) is 30.3 Å². The standard InChI is InChI=1S/C17H27N3O2/c1-19(15-6-4-3-5-7-15)10-11-20(2)16(21)17(14-18)8-12-22-13-9-17/h3-7H,8-14,18H2,1-2H3. The highest BCUT2D eigenvalue weighted by molar-refractivity contribution is 5.83. The number of hydrogen-bond donors (Lipinski definition) is 1. The third-order valence-electron chi connectivity index (χ3n) is 4.61. The van der Waals surface area contributed by atoms with E-state index >= 15 is 0 Å². The van der Waals surface area contributed by atoms with E-state index in [1.165, 1.54) is 0 Å². The van der Waals surface area contributed by atoms with Gasteiger partial charge in [0.15, 0.2) is 0 Å². The highest BCUT2D eigenvalue weighted by Gasteiger charge is 2.40. The zero-order chi connectivity index (χ0) is 16.0. The first-order chi connectivity index (χ1) is 10.6. The number of nitrogens with zero attached hydrogens (tertiary/aromatic N) is 2. The molecule has 0 saturated carbocycles. The Morgan fingerprint density at radius 3 is 2.41 bits per heavy atom. The third-order valence-corrected chi connectivity index (χ3v) is 4.61. The van der Waals surface area contributed by atoms with Crippen molar-refractivity contribution in [2.45, 2.75) is 12.8 Å². The average molecular weight is 305 g/mol. The van der Waals surface area contributed by atoms with E-state index in [-0.39, 0.29) is 5.91 Å². The van der Waals surface area contributed by atoms with E-state index in [0.717, 1.165) is 25.1 Å². The molecular weight excluding hydrogens is 278 g/mol. The molecule has 122 valence electrons. The molecular formula is C17H27N3O2. The van der Waals surface area contributed by atoms with Gasteiger partial charge in [0.2, 0.25) is 5.91 Å². The molecule has 0 spiro atoms. The molecule has 5 nitrogen and oxygen atoms in total. The van der Waals surface area contributed by atoms with Crippen LogP contribution in [0.1, 0.15) is 12.8 Å². The molecule has 0 bridgehead atoms. The van der Waals surface area contributed by atoms with Gasteiger partial charge in [-0.25, -0.2) is 0 Å². The van der Waals surface area contributed by atoms with Crippen LogP contribution in [0.15, 0.2) is 30.3 Å². The maximum absolute atomic E-state index is 12.8. The van der Waals surface area contributed by atoms with Gasteiger partial charge in [0, 0.05) is 52.6 Å². The van der Waals surface area contributed by atoms with Crippen molar-refractivity contribution in [1.82, 2.24) is 4.90 Å². The number of carbonyl (C=O) groups is 1. The molecule has 1 aliphatic heterocycles. The number of rotatable bonds is 6. The summed E-state index contributed by atoms with van der Waals surface area (Å²) in [6.07, 6.45) is 1.45. The molecule has 22 heavy (non-hydrogen) atoms. The highest BCUT2D eigenvalue weighted by atomic mass is 16.5. The van der Waals surface area contributed by atoms with Gasteiger partial charge < -0.3 is 20.3 Å². The molecule has 0 radical (unpaired) electrons. The maximum atomic E-state index is 12.8. The smallest absolute Gasteiger partial charge is 0.230 e. The van der Waals surface area contributed by atoms with Crippen LogP contribution in [0.5, 0.6) is 0 Å². The monoisotopic (exact) mass is 305 g/mol. The molecule has 1 aromatic carbocycles. The predicted octanol–water partition coefficient (Wildman–Crippen LogP) is 1.34. The van der Waals surface area contributed by atoms with Crippen LogP contribution in [-0.2, 0) is 9.53 Å². The second kappa shape index (κ2) is 7.61. The SMILES string of the molecule is CN(CCN(C)c1ccccc1)C(=O)C1(CN)CCOCC1. The lowest BCUT2D eigenvalue weighted by Crippen LogP contribution is -2.50. The van der Waals surface area contributed by atoms with Crippen LogP contribution in [0.3, 0.4) is 0 Å². The van der Waals surface area contributed by atoms with E-state index in [2.05, 4.69) is 17.0 Å². The van der Waals surface area contributed by atoms with Crippen LogP contribution >= 0.6 is 0 Å². The first kappa shape index (κ1) is 16.8. The fraction of sp³-hybridized carbons (Fsp3) is 0.588. The number of hydrogen-bond acceptors (Lipinski definition) is 4. The van der Waals surface area contributed by atoms with Gasteiger partial charge in [-0.05, 0) is 25.0 Å². The van der Waals surface area contributed by atoms with E-state index < -0.39 is 5.41 Å². The Labute approximate surface area is 133 Å². The highest BCUT2D eigenvalue weighted by Crippen LogP contribution is 2.31. The number of para-hydroxylation sites is 1. The summed E-state index contributed by atoms with van der Waals surface area (Å²) in [5.74, 6) is 0.153. The largest absolute Gasteiger partial charge is 0.381 e.